The number of nitrogens with zero attached hydrogens (tertiary/aromatic N) is 1. The van der Waals surface area contributed by atoms with E-state index in [2.05, 4.69) is 199 Å². The van der Waals surface area contributed by atoms with Crippen LogP contribution in [0.5, 0.6) is 0 Å². The smallest absolute Gasteiger partial charge is 0.0490 e. The van der Waals surface area contributed by atoms with Crippen molar-refractivity contribution in [3.05, 3.63) is 185 Å². The van der Waals surface area contributed by atoms with E-state index < -0.39 is 0 Å². The second-order valence-electron chi connectivity index (χ2n) is 16.4. The largest absolute Gasteiger partial charge is 0.310 e. The van der Waals surface area contributed by atoms with E-state index in [-0.39, 0.29) is 5.41 Å². The zero-order valence-electron chi connectivity index (χ0n) is 34.8. The van der Waals surface area contributed by atoms with Crippen molar-refractivity contribution in [2.24, 2.45) is 0 Å². The third kappa shape index (κ3) is 5.66. The Morgan fingerprint density at radius 1 is 0.421 bits per heavy atom. The lowest BCUT2D eigenvalue weighted by Crippen LogP contribution is -2.24. The fourth-order valence-electron chi connectivity index (χ4n) is 9.93. The summed E-state index contributed by atoms with van der Waals surface area (Å²) in [6, 6.07) is 54.9. The van der Waals surface area contributed by atoms with Crippen LogP contribution in [-0.4, -0.2) is 0 Å². The van der Waals surface area contributed by atoms with Crippen LogP contribution < -0.4 is 4.90 Å². The molecular formula is C56H51N. The first kappa shape index (κ1) is 36.5. The van der Waals surface area contributed by atoms with Gasteiger partial charge in [0.1, 0.15) is 0 Å². The Morgan fingerprint density at radius 2 is 1.00 bits per heavy atom. The summed E-state index contributed by atoms with van der Waals surface area (Å²) >= 11 is 0. The number of para-hydroxylation sites is 2. The average Bonchev–Trinajstić information content (AvgIpc) is 3.21. The number of rotatable bonds is 5. The lowest BCUT2D eigenvalue weighted by atomic mass is 9.67. The highest BCUT2D eigenvalue weighted by Gasteiger charge is 2.35. The van der Waals surface area contributed by atoms with Gasteiger partial charge in [0.05, 0.1) is 0 Å². The van der Waals surface area contributed by atoms with E-state index in [1.165, 1.54) is 116 Å². The molecule has 0 aromatic heterocycles. The van der Waals surface area contributed by atoms with Crippen molar-refractivity contribution in [2.75, 3.05) is 4.90 Å². The fraction of sp³-hybridized carbons (Fsp3) is 0.179. The van der Waals surface area contributed by atoms with Crippen molar-refractivity contribution in [1.29, 1.82) is 0 Å². The lowest BCUT2D eigenvalue weighted by Gasteiger charge is -2.36. The number of hydrogen-bond donors (Lipinski definition) is 0. The van der Waals surface area contributed by atoms with E-state index in [0.29, 0.717) is 0 Å². The number of benzene rings is 9. The SMILES string of the molecule is CC.Cc1cc(C)c(-c2ccc3cc4c5c(ccc6ccc2c3c65)C(C)(C)c2cc(-c3ccc(N(c5ccccc5C)c5ccccc5C)cc3)ccc2-4)c(C)c1. The zero-order chi connectivity index (χ0) is 39.7. The highest BCUT2D eigenvalue weighted by molar-refractivity contribution is 6.29. The van der Waals surface area contributed by atoms with Gasteiger partial charge in [-0.25, -0.2) is 0 Å². The minimum Gasteiger partial charge on any atom is -0.310 e. The number of aryl methyl sites for hydroxylation is 5. The highest BCUT2D eigenvalue weighted by Crippen LogP contribution is 2.53. The zero-order valence-corrected chi connectivity index (χ0v) is 34.8. The van der Waals surface area contributed by atoms with Crippen molar-refractivity contribution in [3.63, 3.8) is 0 Å². The lowest BCUT2D eigenvalue weighted by molar-refractivity contribution is 0.646. The summed E-state index contributed by atoms with van der Waals surface area (Å²) in [5.41, 5.74) is 20.5. The van der Waals surface area contributed by atoms with E-state index in [1.807, 2.05) is 13.8 Å². The van der Waals surface area contributed by atoms with E-state index >= 15 is 0 Å². The summed E-state index contributed by atoms with van der Waals surface area (Å²) in [7, 11) is 0. The van der Waals surface area contributed by atoms with E-state index in [4.69, 9.17) is 0 Å². The van der Waals surface area contributed by atoms with Crippen LogP contribution in [0.25, 0.3) is 65.7 Å². The minimum absolute atomic E-state index is 0.181. The van der Waals surface area contributed by atoms with Gasteiger partial charge in [-0.3, -0.25) is 0 Å². The Kier molecular flexibility index (Phi) is 8.82. The first-order valence-corrected chi connectivity index (χ1v) is 20.6. The molecule has 9 aromatic carbocycles. The van der Waals surface area contributed by atoms with Crippen LogP contribution in [0.1, 0.15) is 66.6 Å². The second-order valence-corrected chi connectivity index (χ2v) is 16.4. The molecule has 1 nitrogen and oxygen atoms in total. The fourth-order valence-corrected chi connectivity index (χ4v) is 9.93. The molecule has 0 aliphatic heterocycles. The van der Waals surface area contributed by atoms with Crippen LogP contribution in [0.3, 0.4) is 0 Å². The number of fused-ring (bicyclic) bond motifs is 2. The molecule has 0 saturated heterocycles. The summed E-state index contributed by atoms with van der Waals surface area (Å²) in [5.74, 6) is 0. The quantitative estimate of drug-likeness (QED) is 0.159. The molecule has 1 heteroatoms. The molecule has 0 radical (unpaired) electrons. The van der Waals surface area contributed by atoms with Gasteiger partial charge in [-0.15, -0.1) is 0 Å². The molecule has 0 atom stereocenters. The molecule has 1 aliphatic rings. The molecule has 0 bridgehead atoms. The van der Waals surface area contributed by atoms with Gasteiger partial charge in [0.15, 0.2) is 0 Å². The molecule has 0 unspecified atom stereocenters. The van der Waals surface area contributed by atoms with Crippen molar-refractivity contribution < 1.29 is 0 Å². The third-order valence-electron chi connectivity index (χ3n) is 12.5. The number of hydrogen-bond acceptors (Lipinski definition) is 1. The van der Waals surface area contributed by atoms with Gasteiger partial charge in [-0.05, 0) is 170 Å². The summed E-state index contributed by atoms with van der Waals surface area (Å²) in [4.78, 5) is 2.39. The molecule has 10 rings (SSSR count). The average molecular weight is 738 g/mol. The third-order valence-corrected chi connectivity index (χ3v) is 12.5. The van der Waals surface area contributed by atoms with Crippen molar-refractivity contribution in [1.82, 2.24) is 0 Å². The predicted octanol–water partition coefficient (Wildman–Crippen LogP) is 16.3. The Labute approximate surface area is 338 Å². The Morgan fingerprint density at radius 3 is 1.65 bits per heavy atom. The summed E-state index contributed by atoms with van der Waals surface area (Å²) < 4.78 is 0. The van der Waals surface area contributed by atoms with Gasteiger partial charge in [0.2, 0.25) is 0 Å². The molecule has 0 saturated carbocycles. The molecule has 9 aromatic rings. The monoisotopic (exact) mass is 737 g/mol. The van der Waals surface area contributed by atoms with Crippen LogP contribution in [0.4, 0.5) is 17.1 Å². The van der Waals surface area contributed by atoms with Crippen molar-refractivity contribution in [3.8, 4) is 33.4 Å². The molecular weight excluding hydrogens is 687 g/mol. The van der Waals surface area contributed by atoms with Crippen LogP contribution in [0, 0.1) is 34.6 Å². The normalized spacial score (nSPS) is 12.8. The minimum atomic E-state index is -0.181. The molecule has 0 N–H and O–H groups in total. The molecule has 0 fully saturated rings. The topological polar surface area (TPSA) is 3.24 Å². The van der Waals surface area contributed by atoms with E-state index in [9.17, 15) is 0 Å². The van der Waals surface area contributed by atoms with Crippen LogP contribution >= 0.6 is 0 Å². The van der Waals surface area contributed by atoms with Gasteiger partial charge in [0, 0.05) is 22.5 Å². The van der Waals surface area contributed by atoms with Crippen LogP contribution in [0.15, 0.2) is 146 Å². The second kappa shape index (κ2) is 13.8. The maximum atomic E-state index is 2.47. The van der Waals surface area contributed by atoms with Gasteiger partial charge in [-0.1, -0.05) is 142 Å². The van der Waals surface area contributed by atoms with Crippen LogP contribution in [0.2, 0.25) is 0 Å². The molecule has 0 spiro atoms. The van der Waals surface area contributed by atoms with Gasteiger partial charge < -0.3 is 4.90 Å². The van der Waals surface area contributed by atoms with Crippen molar-refractivity contribution >= 4 is 49.4 Å². The summed E-state index contributed by atoms with van der Waals surface area (Å²) in [5, 5.41) is 8.16. The van der Waals surface area contributed by atoms with E-state index in [1.54, 1.807) is 0 Å². The first-order valence-electron chi connectivity index (χ1n) is 20.6. The Bertz CT molecular complexity index is 2930. The van der Waals surface area contributed by atoms with Gasteiger partial charge >= 0.3 is 0 Å². The molecule has 57 heavy (non-hydrogen) atoms. The maximum Gasteiger partial charge on any atom is 0.0490 e. The predicted molar refractivity (Wildman–Crippen MR) is 248 cm³/mol. The van der Waals surface area contributed by atoms with Gasteiger partial charge in [-0.2, -0.15) is 0 Å². The molecule has 280 valence electrons. The summed E-state index contributed by atoms with van der Waals surface area (Å²) in [6.07, 6.45) is 0. The Balaban J connectivity index is 0.00000208. The van der Waals surface area contributed by atoms with Crippen molar-refractivity contribution in [2.45, 2.75) is 67.7 Å². The summed E-state index contributed by atoms with van der Waals surface area (Å²) in [6.45, 7) is 19.9. The number of anilines is 3. The maximum absolute atomic E-state index is 2.47. The van der Waals surface area contributed by atoms with E-state index in [0.717, 1.165) is 5.69 Å². The van der Waals surface area contributed by atoms with Crippen LogP contribution in [-0.2, 0) is 5.41 Å². The Hall–Kier alpha value is -6.18. The molecule has 0 heterocycles. The molecule has 0 amide bonds. The van der Waals surface area contributed by atoms with Gasteiger partial charge in [0.25, 0.3) is 0 Å². The molecule has 1 aliphatic carbocycles. The highest BCUT2D eigenvalue weighted by atomic mass is 15.1. The standard InChI is InChI=1S/C54H45N.C2H6/c1-32-28-35(4)50(36(5)29-32)43-26-20-40-30-45-42-24-19-39(31-47(42)54(6,7)46-27-21-38-18-25-44(43)51(40)52(38)53(45)46)37-16-22-41(23-17-37)55(48-14-10-8-12-33(48)2)49-15-11-9-13-34(49)3;1-2/h8-31H,1-7H3;1-2H3. The first-order chi connectivity index (χ1) is 27.6.